The summed E-state index contributed by atoms with van der Waals surface area (Å²) >= 11 is 11.8. The Labute approximate surface area is 202 Å². The van der Waals surface area contributed by atoms with Crippen molar-refractivity contribution in [1.29, 1.82) is 0 Å². The van der Waals surface area contributed by atoms with Crippen molar-refractivity contribution in [3.05, 3.63) is 61.3 Å². The molecule has 180 valence electrons. The van der Waals surface area contributed by atoms with Gasteiger partial charge in [0, 0.05) is 18.1 Å². The quantitative estimate of drug-likeness (QED) is 0.235. The normalized spacial score (nSPS) is 10.7. The molecule has 0 atom stereocenters. The molecule has 0 aliphatic carbocycles. The fourth-order valence-corrected chi connectivity index (χ4v) is 3.18. The van der Waals surface area contributed by atoms with Crippen LogP contribution in [0.15, 0.2) is 22.7 Å². The summed E-state index contributed by atoms with van der Waals surface area (Å²) in [4.78, 5) is 38.2. The number of aromatic nitrogens is 4. The van der Waals surface area contributed by atoms with Crippen LogP contribution in [-0.4, -0.2) is 56.4 Å². The molecule has 2 aromatic heterocycles. The van der Waals surface area contributed by atoms with Gasteiger partial charge in [-0.1, -0.05) is 28.4 Å². The van der Waals surface area contributed by atoms with Gasteiger partial charge >= 0.3 is 17.6 Å². The third-order valence-electron chi connectivity index (χ3n) is 4.47. The van der Waals surface area contributed by atoms with Crippen molar-refractivity contribution in [3.63, 3.8) is 0 Å². The molecule has 0 unspecified atom stereocenters. The zero-order valence-electron chi connectivity index (χ0n) is 18.0. The molecule has 2 heterocycles. The third kappa shape index (κ3) is 6.20. The summed E-state index contributed by atoms with van der Waals surface area (Å²) in [5.74, 6) is -1.20. The number of nitro groups is 1. The Balaban J connectivity index is 1.42. The Morgan fingerprint density at radius 3 is 2.65 bits per heavy atom. The zero-order valence-corrected chi connectivity index (χ0v) is 19.5. The van der Waals surface area contributed by atoms with E-state index in [4.69, 9.17) is 32.5 Å². The van der Waals surface area contributed by atoms with Gasteiger partial charge in [0.05, 0.1) is 10.8 Å². The number of carbonyl (C=O) groups excluding carboxylic acids is 2. The molecule has 3 rings (SSSR count). The average Bonchev–Trinajstić information content (AvgIpc) is 3.36. The number of benzene rings is 1. The Hall–Kier alpha value is -3.71. The van der Waals surface area contributed by atoms with Crippen molar-refractivity contribution in [2.24, 2.45) is 0 Å². The first kappa shape index (κ1) is 24.9. The molecule has 3 aromatic rings. The minimum Gasteiger partial charge on any atom is -0.484 e. The highest BCUT2D eigenvalue weighted by molar-refractivity contribution is 6.33. The maximum Gasteiger partial charge on any atom is 0.408 e. The molecule has 2 N–H and O–H groups in total. The minimum absolute atomic E-state index is 0.0743. The van der Waals surface area contributed by atoms with Gasteiger partial charge in [-0.05, 0) is 42.5 Å². The molecule has 0 saturated carbocycles. The molecule has 13 nitrogen and oxygen atoms in total. The first-order valence-electron chi connectivity index (χ1n) is 9.79. The molecule has 0 aliphatic rings. The number of ether oxygens (including phenoxy) is 1. The number of hydrogen-bond acceptors (Lipinski definition) is 9. The van der Waals surface area contributed by atoms with Gasteiger partial charge in [-0.25, -0.2) is 0 Å². The molecule has 0 saturated heterocycles. The summed E-state index contributed by atoms with van der Waals surface area (Å²) in [6.07, 6.45) is 0. The monoisotopic (exact) mass is 511 g/mol. The van der Waals surface area contributed by atoms with Crippen LogP contribution < -0.4 is 15.4 Å². The summed E-state index contributed by atoms with van der Waals surface area (Å²) < 4.78 is 11.6. The Kier molecular flexibility index (Phi) is 8.02. The lowest BCUT2D eigenvalue weighted by Gasteiger charge is -2.10. The van der Waals surface area contributed by atoms with E-state index in [-0.39, 0.29) is 48.9 Å². The number of aryl methyl sites for hydroxylation is 1. The van der Waals surface area contributed by atoms with Crippen LogP contribution in [0.5, 0.6) is 5.75 Å². The van der Waals surface area contributed by atoms with E-state index >= 15 is 0 Å². The predicted molar refractivity (Wildman–Crippen MR) is 119 cm³/mol. The number of nitrogens with one attached hydrogen (secondary N) is 2. The van der Waals surface area contributed by atoms with Crippen molar-refractivity contribution >= 4 is 40.8 Å². The van der Waals surface area contributed by atoms with E-state index in [0.29, 0.717) is 16.5 Å². The van der Waals surface area contributed by atoms with Gasteiger partial charge in [0.2, 0.25) is 0 Å². The standard InChI is InChI=1S/C19H19Cl2N7O6/c1-10-7-12(20)3-4-13(10)33-9-15(29)22-5-6-23-18(30)19-24-14(26-34-19)8-27-11(2)16(21)17(25-27)28(31)32/h3-4,7H,5-6,8-9H2,1-2H3,(H,22,29)(H,23,30). The van der Waals surface area contributed by atoms with Crippen molar-refractivity contribution < 1.29 is 23.8 Å². The molecule has 15 heteroatoms. The lowest BCUT2D eigenvalue weighted by atomic mass is 10.2. The van der Waals surface area contributed by atoms with Crippen LogP contribution in [0.2, 0.25) is 10.0 Å². The highest BCUT2D eigenvalue weighted by atomic mass is 35.5. The van der Waals surface area contributed by atoms with E-state index in [2.05, 4.69) is 25.9 Å². The maximum atomic E-state index is 12.2. The second kappa shape index (κ2) is 10.9. The van der Waals surface area contributed by atoms with E-state index in [1.807, 2.05) is 6.92 Å². The lowest BCUT2D eigenvalue weighted by Crippen LogP contribution is -2.36. The highest BCUT2D eigenvalue weighted by Gasteiger charge is 2.25. The second-order valence-corrected chi connectivity index (χ2v) is 7.77. The van der Waals surface area contributed by atoms with E-state index < -0.39 is 16.6 Å². The largest absolute Gasteiger partial charge is 0.484 e. The van der Waals surface area contributed by atoms with E-state index in [1.165, 1.54) is 4.68 Å². The molecule has 2 amide bonds. The molecule has 0 fully saturated rings. The molecular formula is C19H19Cl2N7O6. The topological polar surface area (TPSA) is 167 Å². The third-order valence-corrected chi connectivity index (χ3v) is 5.15. The second-order valence-electron chi connectivity index (χ2n) is 6.96. The number of hydrogen-bond donors (Lipinski definition) is 2. The molecule has 34 heavy (non-hydrogen) atoms. The number of rotatable bonds is 10. The van der Waals surface area contributed by atoms with Gasteiger partial charge in [0.25, 0.3) is 5.91 Å². The van der Waals surface area contributed by atoms with Gasteiger partial charge in [0.1, 0.15) is 12.3 Å². The summed E-state index contributed by atoms with van der Waals surface area (Å²) in [5.41, 5.74) is 1.14. The Morgan fingerprint density at radius 1 is 1.24 bits per heavy atom. The Morgan fingerprint density at radius 2 is 1.97 bits per heavy atom. The summed E-state index contributed by atoms with van der Waals surface area (Å²) in [6.45, 7) is 3.32. The van der Waals surface area contributed by atoms with Crippen LogP contribution in [0.4, 0.5) is 5.82 Å². The van der Waals surface area contributed by atoms with Crippen molar-refractivity contribution in [1.82, 2.24) is 30.6 Å². The summed E-state index contributed by atoms with van der Waals surface area (Å²) in [5, 5.41) is 24.0. The summed E-state index contributed by atoms with van der Waals surface area (Å²) in [7, 11) is 0. The van der Waals surface area contributed by atoms with E-state index in [9.17, 15) is 19.7 Å². The van der Waals surface area contributed by atoms with Gasteiger partial charge in [-0.2, -0.15) is 9.67 Å². The van der Waals surface area contributed by atoms with Crippen LogP contribution in [0.3, 0.4) is 0 Å². The maximum absolute atomic E-state index is 12.2. The van der Waals surface area contributed by atoms with E-state index in [0.717, 1.165) is 5.56 Å². The zero-order chi connectivity index (χ0) is 24.8. The SMILES string of the molecule is Cc1cc(Cl)ccc1OCC(=O)NCCNC(=O)c1nc(Cn2nc([N+](=O)[O-])c(Cl)c2C)no1. The first-order valence-corrected chi connectivity index (χ1v) is 10.5. The molecule has 1 aromatic carbocycles. The smallest absolute Gasteiger partial charge is 0.408 e. The van der Waals surface area contributed by atoms with Crippen LogP contribution in [0.1, 0.15) is 27.8 Å². The number of nitrogens with zero attached hydrogens (tertiary/aromatic N) is 5. The summed E-state index contributed by atoms with van der Waals surface area (Å²) in [6, 6.07) is 5.06. The van der Waals surface area contributed by atoms with Crippen molar-refractivity contribution in [2.75, 3.05) is 19.7 Å². The van der Waals surface area contributed by atoms with Gasteiger partial charge < -0.3 is 30.0 Å². The van der Waals surface area contributed by atoms with Gasteiger partial charge in [0.15, 0.2) is 17.5 Å². The Bertz CT molecular complexity index is 1230. The number of halogens is 2. The molecule has 0 bridgehead atoms. The van der Waals surface area contributed by atoms with E-state index in [1.54, 1.807) is 25.1 Å². The van der Waals surface area contributed by atoms with Crippen LogP contribution >= 0.6 is 23.2 Å². The lowest BCUT2D eigenvalue weighted by molar-refractivity contribution is -0.389. The fraction of sp³-hybridized carbons (Fsp3) is 0.316. The fourth-order valence-electron chi connectivity index (χ4n) is 2.75. The van der Waals surface area contributed by atoms with Crippen LogP contribution in [-0.2, 0) is 11.3 Å². The number of carbonyl (C=O) groups is 2. The van der Waals surface area contributed by atoms with Crippen LogP contribution in [0, 0.1) is 24.0 Å². The molecular weight excluding hydrogens is 493 g/mol. The van der Waals surface area contributed by atoms with Gasteiger partial charge in [-0.15, -0.1) is 0 Å². The van der Waals surface area contributed by atoms with Crippen molar-refractivity contribution in [2.45, 2.75) is 20.4 Å². The van der Waals surface area contributed by atoms with Crippen molar-refractivity contribution in [3.8, 4) is 5.75 Å². The average molecular weight is 512 g/mol. The van der Waals surface area contributed by atoms with Crippen LogP contribution in [0.25, 0.3) is 0 Å². The highest BCUT2D eigenvalue weighted by Crippen LogP contribution is 2.26. The molecule has 0 spiro atoms. The minimum atomic E-state index is -0.704. The molecule has 0 radical (unpaired) electrons. The predicted octanol–water partition coefficient (Wildman–Crippen LogP) is 2.07. The first-order chi connectivity index (χ1) is 16.2. The number of amides is 2. The van der Waals surface area contributed by atoms with Gasteiger partial charge in [-0.3, -0.25) is 9.59 Å². The molecule has 0 aliphatic heterocycles.